The Morgan fingerprint density at radius 2 is 1.84 bits per heavy atom. The fraction of sp³-hybridized carbons (Fsp3) is 0.400. The molecule has 0 saturated carbocycles. The summed E-state index contributed by atoms with van der Waals surface area (Å²) < 4.78 is 0. The van der Waals surface area contributed by atoms with Crippen molar-refractivity contribution >= 4 is 34.1 Å². The Morgan fingerprint density at radius 3 is 2.65 bits per heavy atom. The second-order valence-corrected chi connectivity index (χ2v) is 9.33. The van der Waals surface area contributed by atoms with Gasteiger partial charge in [-0.1, -0.05) is 29.3 Å². The van der Waals surface area contributed by atoms with Crippen LogP contribution in [0.25, 0.3) is 10.9 Å². The number of nitrogens with zero attached hydrogens (tertiary/aromatic N) is 3. The third-order valence-electron chi connectivity index (χ3n) is 6.73. The summed E-state index contributed by atoms with van der Waals surface area (Å²) in [5, 5.41) is 2.04. The molecule has 1 saturated heterocycles. The molecule has 0 radical (unpaired) electrons. The van der Waals surface area contributed by atoms with Crippen molar-refractivity contribution in [3.8, 4) is 0 Å². The largest absolute Gasteiger partial charge is 0.369 e. The first-order chi connectivity index (χ1) is 15.0. The van der Waals surface area contributed by atoms with Gasteiger partial charge in [0.15, 0.2) is 0 Å². The predicted molar refractivity (Wildman–Crippen MR) is 127 cm³/mol. The topological polar surface area (TPSA) is 42.6 Å². The molecule has 31 heavy (non-hydrogen) atoms. The fourth-order valence-corrected chi connectivity index (χ4v) is 5.07. The Bertz CT molecular complexity index is 1130. The zero-order chi connectivity index (χ0) is 21.5. The zero-order valence-corrected chi connectivity index (χ0v) is 19.0. The van der Waals surface area contributed by atoms with Crippen molar-refractivity contribution in [1.29, 1.82) is 0 Å². The lowest BCUT2D eigenvalue weighted by atomic mass is 10.0. The number of rotatable bonds is 3. The monoisotopic (exact) mass is 436 g/mol. The van der Waals surface area contributed by atoms with Crippen molar-refractivity contribution in [1.82, 2.24) is 14.8 Å². The van der Waals surface area contributed by atoms with E-state index in [9.17, 15) is 4.79 Å². The van der Waals surface area contributed by atoms with Crippen molar-refractivity contribution in [3.05, 3.63) is 63.8 Å². The molecule has 2 aliphatic rings. The zero-order valence-electron chi connectivity index (χ0n) is 18.2. The number of halogens is 1. The summed E-state index contributed by atoms with van der Waals surface area (Å²) in [5.74, 6) is 0.236. The number of fused-ring (bicyclic) bond motifs is 3. The molecule has 6 heteroatoms. The Balaban J connectivity index is 1.21. The summed E-state index contributed by atoms with van der Waals surface area (Å²) in [4.78, 5) is 23.3. The maximum atomic E-state index is 13.1. The first kappa shape index (κ1) is 20.4. The van der Waals surface area contributed by atoms with Gasteiger partial charge in [-0.05, 0) is 43.7 Å². The lowest BCUT2D eigenvalue weighted by molar-refractivity contribution is -0.133. The van der Waals surface area contributed by atoms with Crippen LogP contribution in [0.15, 0.2) is 36.4 Å². The van der Waals surface area contributed by atoms with E-state index in [1.165, 1.54) is 39.0 Å². The van der Waals surface area contributed by atoms with E-state index >= 15 is 0 Å². The maximum Gasteiger partial charge on any atom is 0.237 e. The molecule has 5 rings (SSSR count). The summed E-state index contributed by atoms with van der Waals surface area (Å²) >= 11 is 6.20. The summed E-state index contributed by atoms with van der Waals surface area (Å²) in [6.07, 6.45) is 0.899. The summed E-state index contributed by atoms with van der Waals surface area (Å²) in [6.45, 7) is 9.86. The lowest BCUT2D eigenvalue weighted by Gasteiger charge is -2.37. The normalized spacial score (nSPS) is 17.3. The van der Waals surface area contributed by atoms with Crippen molar-refractivity contribution in [3.63, 3.8) is 0 Å². The molecular weight excluding hydrogens is 408 g/mol. The van der Waals surface area contributed by atoms with Crippen LogP contribution in [0.5, 0.6) is 0 Å². The third kappa shape index (κ3) is 4.04. The van der Waals surface area contributed by atoms with Crippen molar-refractivity contribution in [2.24, 2.45) is 0 Å². The molecule has 2 aliphatic heterocycles. The highest BCUT2D eigenvalue weighted by atomic mass is 35.5. The van der Waals surface area contributed by atoms with Gasteiger partial charge in [-0.15, -0.1) is 0 Å². The van der Waals surface area contributed by atoms with Gasteiger partial charge in [-0.2, -0.15) is 0 Å². The van der Waals surface area contributed by atoms with Crippen LogP contribution in [0.2, 0.25) is 5.02 Å². The summed E-state index contributed by atoms with van der Waals surface area (Å²) in [5.41, 5.74) is 7.46. The molecule has 162 valence electrons. The van der Waals surface area contributed by atoms with Gasteiger partial charge >= 0.3 is 0 Å². The first-order valence-electron chi connectivity index (χ1n) is 11.1. The van der Waals surface area contributed by atoms with Gasteiger partial charge in [-0.3, -0.25) is 9.69 Å². The van der Waals surface area contributed by atoms with Crippen LogP contribution in [0.1, 0.15) is 22.4 Å². The molecule has 1 amide bonds. The van der Waals surface area contributed by atoms with Crippen LogP contribution < -0.4 is 4.90 Å². The van der Waals surface area contributed by atoms with Gasteiger partial charge in [0, 0.05) is 78.6 Å². The van der Waals surface area contributed by atoms with Crippen LogP contribution in [-0.4, -0.2) is 60.0 Å². The average Bonchev–Trinajstić information content (AvgIpc) is 3.13. The van der Waals surface area contributed by atoms with Gasteiger partial charge in [0.25, 0.3) is 0 Å². The first-order valence-corrected chi connectivity index (χ1v) is 11.5. The number of aromatic amines is 1. The Kier molecular flexibility index (Phi) is 5.40. The van der Waals surface area contributed by atoms with Gasteiger partial charge < -0.3 is 14.8 Å². The van der Waals surface area contributed by atoms with Crippen LogP contribution in [-0.2, 0) is 17.8 Å². The number of carbonyl (C=O) groups excluding carboxylic acids is 1. The highest BCUT2D eigenvalue weighted by molar-refractivity contribution is 6.30. The fourth-order valence-electron chi connectivity index (χ4n) is 4.90. The van der Waals surface area contributed by atoms with Crippen LogP contribution >= 0.6 is 11.6 Å². The number of aryl methyl sites for hydroxylation is 2. The van der Waals surface area contributed by atoms with Gasteiger partial charge in [0.05, 0.1) is 6.54 Å². The number of benzene rings is 2. The molecule has 1 N–H and O–H groups in total. The molecule has 3 heterocycles. The molecule has 0 aliphatic carbocycles. The van der Waals surface area contributed by atoms with E-state index in [1.807, 2.05) is 17.0 Å². The van der Waals surface area contributed by atoms with Crippen molar-refractivity contribution in [2.45, 2.75) is 26.8 Å². The van der Waals surface area contributed by atoms with E-state index in [4.69, 9.17) is 11.6 Å². The number of amides is 1. The molecular formula is C25H29ClN4O. The number of carbonyl (C=O) groups is 1. The summed E-state index contributed by atoms with van der Waals surface area (Å²) in [6, 6.07) is 12.6. The number of piperazine rings is 1. The van der Waals surface area contributed by atoms with Gasteiger partial charge in [0.1, 0.15) is 0 Å². The number of nitrogens with one attached hydrogen (secondary N) is 1. The molecule has 5 nitrogen and oxygen atoms in total. The predicted octanol–water partition coefficient (Wildman–Crippen LogP) is 4.15. The quantitative estimate of drug-likeness (QED) is 0.670. The number of anilines is 1. The standard InChI is InChI=1S/C25H29ClN4O/c1-17-3-6-22-20(13-17)21-15-30(8-7-23(21)27-22)25(31)16-28-9-11-29(12-10-28)24-14-19(26)5-4-18(24)2/h3-6,13-14,27H,7-12,15-16H2,1-2H3. The molecule has 1 aromatic heterocycles. The average molecular weight is 437 g/mol. The molecule has 0 unspecified atom stereocenters. The lowest BCUT2D eigenvalue weighted by Crippen LogP contribution is -2.50. The minimum absolute atomic E-state index is 0.236. The smallest absolute Gasteiger partial charge is 0.237 e. The van der Waals surface area contributed by atoms with Gasteiger partial charge in [0.2, 0.25) is 5.91 Å². The van der Waals surface area contributed by atoms with E-state index in [1.54, 1.807) is 0 Å². The number of hydrogen-bond acceptors (Lipinski definition) is 3. The highest BCUT2D eigenvalue weighted by Crippen LogP contribution is 2.29. The van der Waals surface area contributed by atoms with Crippen LogP contribution in [0.4, 0.5) is 5.69 Å². The Labute approximate surface area is 188 Å². The number of hydrogen-bond donors (Lipinski definition) is 1. The Hall–Kier alpha value is -2.50. The molecule has 3 aromatic rings. The minimum atomic E-state index is 0.236. The second-order valence-electron chi connectivity index (χ2n) is 8.89. The highest BCUT2D eigenvalue weighted by Gasteiger charge is 2.27. The third-order valence-corrected chi connectivity index (χ3v) is 6.96. The Morgan fingerprint density at radius 1 is 1.03 bits per heavy atom. The summed E-state index contributed by atoms with van der Waals surface area (Å²) in [7, 11) is 0. The molecule has 1 fully saturated rings. The molecule has 0 atom stereocenters. The van der Waals surface area contributed by atoms with E-state index in [2.05, 4.69) is 52.9 Å². The number of H-pyrrole nitrogens is 1. The number of aromatic nitrogens is 1. The van der Waals surface area contributed by atoms with E-state index < -0.39 is 0 Å². The SMILES string of the molecule is Cc1ccc2[nH]c3c(c2c1)CN(C(=O)CN1CCN(c2cc(Cl)ccc2C)CC1)CC3. The van der Waals surface area contributed by atoms with E-state index in [0.717, 1.165) is 44.2 Å². The molecule has 2 aromatic carbocycles. The van der Waals surface area contributed by atoms with E-state index in [0.29, 0.717) is 13.1 Å². The van der Waals surface area contributed by atoms with Crippen LogP contribution in [0, 0.1) is 13.8 Å². The van der Waals surface area contributed by atoms with E-state index in [-0.39, 0.29) is 5.91 Å². The van der Waals surface area contributed by atoms with Crippen LogP contribution in [0.3, 0.4) is 0 Å². The van der Waals surface area contributed by atoms with Crippen molar-refractivity contribution in [2.75, 3.05) is 44.2 Å². The minimum Gasteiger partial charge on any atom is -0.369 e. The van der Waals surface area contributed by atoms with Gasteiger partial charge in [-0.25, -0.2) is 0 Å². The van der Waals surface area contributed by atoms with Crippen molar-refractivity contribution < 1.29 is 4.79 Å². The molecule has 0 spiro atoms. The maximum absolute atomic E-state index is 13.1. The second kappa shape index (κ2) is 8.21. The molecule has 0 bridgehead atoms.